The summed E-state index contributed by atoms with van der Waals surface area (Å²) in [6, 6.07) is 8.39. The van der Waals surface area contributed by atoms with Crippen molar-refractivity contribution in [2.75, 3.05) is 7.05 Å². The Labute approximate surface area is 86.0 Å². The van der Waals surface area contributed by atoms with Gasteiger partial charge in [0.2, 0.25) is 0 Å². The first kappa shape index (κ1) is 11.0. The summed E-state index contributed by atoms with van der Waals surface area (Å²) in [6.07, 6.45) is 2.20. The molecule has 0 aliphatic carbocycles. The maximum absolute atomic E-state index is 3.72. The Morgan fingerprint density at radius 2 is 2.00 bits per heavy atom. The highest BCUT2D eigenvalue weighted by Gasteiger charge is 1.96. The van der Waals surface area contributed by atoms with Crippen molar-refractivity contribution in [1.29, 1.82) is 0 Å². The third kappa shape index (κ3) is 3.32. The van der Waals surface area contributed by atoms with E-state index in [1.165, 1.54) is 5.56 Å². The molecule has 0 saturated carbocycles. The predicted molar refractivity (Wildman–Crippen MR) is 61.9 cm³/mol. The van der Waals surface area contributed by atoms with Crippen molar-refractivity contribution in [3.8, 4) is 0 Å². The van der Waals surface area contributed by atoms with E-state index in [2.05, 4.69) is 48.4 Å². The van der Waals surface area contributed by atoms with Gasteiger partial charge in [0.1, 0.15) is 0 Å². The van der Waals surface area contributed by atoms with Crippen LogP contribution >= 0.6 is 0 Å². The fourth-order valence-corrected chi connectivity index (χ4v) is 1.14. The molecule has 1 aromatic carbocycles. The maximum Gasteiger partial charge on any atom is 0.0542 e. The summed E-state index contributed by atoms with van der Waals surface area (Å²) < 4.78 is 0. The third-order valence-corrected chi connectivity index (χ3v) is 2.26. The van der Waals surface area contributed by atoms with Gasteiger partial charge in [0.25, 0.3) is 0 Å². The smallest absolute Gasteiger partial charge is 0.0542 e. The molecule has 2 N–H and O–H groups in total. The second kappa shape index (κ2) is 5.58. The first-order valence-electron chi connectivity index (χ1n) is 4.88. The van der Waals surface area contributed by atoms with Crippen LogP contribution in [0.5, 0.6) is 0 Å². The highest BCUT2D eigenvalue weighted by molar-refractivity contribution is 5.47. The summed E-state index contributed by atoms with van der Waals surface area (Å²) in [7, 11) is 1.94. The van der Waals surface area contributed by atoms with Crippen molar-refractivity contribution in [3.63, 3.8) is 0 Å². The fourth-order valence-electron chi connectivity index (χ4n) is 1.14. The number of benzene rings is 1. The molecule has 2 heteroatoms. The lowest BCUT2D eigenvalue weighted by Gasteiger charge is -2.12. The second-order valence-electron chi connectivity index (χ2n) is 3.34. The standard InChI is InChI=1S/C12H18N2/c1-4-11-5-7-12(8-6-11)9-14-10(2)13-3/h4-8,10,13-14H,1,9H2,2-3H3. The lowest BCUT2D eigenvalue weighted by molar-refractivity contribution is 0.489. The molecule has 1 aromatic rings. The summed E-state index contributed by atoms with van der Waals surface area (Å²) in [4.78, 5) is 0. The normalized spacial score (nSPS) is 12.4. The summed E-state index contributed by atoms with van der Waals surface area (Å²) >= 11 is 0. The van der Waals surface area contributed by atoms with E-state index in [4.69, 9.17) is 0 Å². The van der Waals surface area contributed by atoms with Gasteiger partial charge in [-0.15, -0.1) is 0 Å². The van der Waals surface area contributed by atoms with E-state index >= 15 is 0 Å². The summed E-state index contributed by atoms with van der Waals surface area (Å²) in [5, 5.41) is 6.48. The monoisotopic (exact) mass is 190 g/mol. The molecule has 2 nitrogen and oxygen atoms in total. The average molecular weight is 190 g/mol. The van der Waals surface area contributed by atoms with Gasteiger partial charge in [0.05, 0.1) is 6.17 Å². The van der Waals surface area contributed by atoms with Gasteiger partial charge >= 0.3 is 0 Å². The molecule has 0 saturated heterocycles. The Kier molecular flexibility index (Phi) is 4.36. The second-order valence-corrected chi connectivity index (χ2v) is 3.34. The zero-order chi connectivity index (χ0) is 10.4. The summed E-state index contributed by atoms with van der Waals surface area (Å²) in [5.41, 5.74) is 2.45. The molecule has 0 fully saturated rings. The molecule has 1 atom stereocenters. The predicted octanol–water partition coefficient (Wildman–Crippen LogP) is 1.98. The molecule has 0 aromatic heterocycles. The van der Waals surface area contributed by atoms with Crippen LogP contribution in [-0.4, -0.2) is 13.2 Å². The minimum absolute atomic E-state index is 0.342. The molecule has 1 rings (SSSR count). The number of hydrogen-bond donors (Lipinski definition) is 2. The van der Waals surface area contributed by atoms with Gasteiger partial charge in [-0.3, -0.25) is 5.32 Å². The molecule has 0 bridgehead atoms. The Hall–Kier alpha value is -1.12. The van der Waals surface area contributed by atoms with Gasteiger partial charge < -0.3 is 5.32 Å². The van der Waals surface area contributed by atoms with Gasteiger partial charge in [0.15, 0.2) is 0 Å². The molecule has 76 valence electrons. The van der Waals surface area contributed by atoms with E-state index in [1.807, 2.05) is 13.1 Å². The van der Waals surface area contributed by atoms with Crippen LogP contribution in [0.3, 0.4) is 0 Å². The van der Waals surface area contributed by atoms with E-state index < -0.39 is 0 Å². The van der Waals surface area contributed by atoms with Gasteiger partial charge in [-0.05, 0) is 25.1 Å². The molecule has 0 aliphatic heterocycles. The van der Waals surface area contributed by atoms with Crippen LogP contribution in [-0.2, 0) is 6.54 Å². The van der Waals surface area contributed by atoms with E-state index in [0.29, 0.717) is 6.17 Å². The fraction of sp³-hybridized carbons (Fsp3) is 0.333. The van der Waals surface area contributed by atoms with E-state index in [-0.39, 0.29) is 0 Å². The third-order valence-electron chi connectivity index (χ3n) is 2.26. The minimum Gasteiger partial charge on any atom is -0.305 e. The average Bonchev–Trinajstić information content (AvgIpc) is 2.26. The quantitative estimate of drug-likeness (QED) is 0.694. The number of hydrogen-bond acceptors (Lipinski definition) is 2. The number of nitrogens with one attached hydrogen (secondary N) is 2. The summed E-state index contributed by atoms with van der Waals surface area (Å²) in [5.74, 6) is 0. The van der Waals surface area contributed by atoms with Crippen LogP contribution in [0.4, 0.5) is 0 Å². The number of rotatable bonds is 5. The van der Waals surface area contributed by atoms with Crippen LogP contribution in [0.25, 0.3) is 6.08 Å². The first-order valence-corrected chi connectivity index (χ1v) is 4.88. The van der Waals surface area contributed by atoms with Crippen LogP contribution < -0.4 is 10.6 Å². The lowest BCUT2D eigenvalue weighted by atomic mass is 10.1. The maximum atomic E-state index is 3.72. The molecule has 0 heterocycles. The topological polar surface area (TPSA) is 24.1 Å². The largest absolute Gasteiger partial charge is 0.305 e. The Bertz CT molecular complexity index is 277. The molecular weight excluding hydrogens is 172 g/mol. The van der Waals surface area contributed by atoms with Crippen molar-refractivity contribution in [1.82, 2.24) is 10.6 Å². The Balaban J connectivity index is 2.47. The SMILES string of the molecule is C=Cc1ccc(CNC(C)NC)cc1. The van der Waals surface area contributed by atoms with Crippen molar-refractivity contribution in [3.05, 3.63) is 42.0 Å². The van der Waals surface area contributed by atoms with Gasteiger partial charge in [-0.1, -0.05) is 36.9 Å². The van der Waals surface area contributed by atoms with Crippen LogP contribution in [0.15, 0.2) is 30.8 Å². The Morgan fingerprint density at radius 1 is 1.36 bits per heavy atom. The first-order chi connectivity index (χ1) is 6.76. The molecule has 1 unspecified atom stereocenters. The van der Waals surface area contributed by atoms with E-state index in [1.54, 1.807) is 0 Å². The molecule has 0 amide bonds. The van der Waals surface area contributed by atoms with Crippen molar-refractivity contribution < 1.29 is 0 Å². The van der Waals surface area contributed by atoms with E-state index in [0.717, 1.165) is 12.1 Å². The Morgan fingerprint density at radius 3 is 2.50 bits per heavy atom. The van der Waals surface area contributed by atoms with Crippen molar-refractivity contribution >= 4 is 6.08 Å². The molecule has 0 aliphatic rings. The van der Waals surface area contributed by atoms with Gasteiger partial charge in [0, 0.05) is 6.54 Å². The molecular formula is C12H18N2. The molecule has 14 heavy (non-hydrogen) atoms. The highest BCUT2D eigenvalue weighted by Crippen LogP contribution is 2.05. The van der Waals surface area contributed by atoms with Gasteiger partial charge in [-0.25, -0.2) is 0 Å². The molecule has 0 radical (unpaired) electrons. The van der Waals surface area contributed by atoms with E-state index in [9.17, 15) is 0 Å². The zero-order valence-corrected chi connectivity index (χ0v) is 8.88. The van der Waals surface area contributed by atoms with Crippen molar-refractivity contribution in [2.24, 2.45) is 0 Å². The summed E-state index contributed by atoms with van der Waals surface area (Å²) in [6.45, 7) is 6.71. The van der Waals surface area contributed by atoms with Crippen LogP contribution in [0.1, 0.15) is 18.1 Å². The highest BCUT2D eigenvalue weighted by atomic mass is 15.1. The van der Waals surface area contributed by atoms with Crippen LogP contribution in [0.2, 0.25) is 0 Å². The van der Waals surface area contributed by atoms with Crippen molar-refractivity contribution in [2.45, 2.75) is 19.6 Å². The lowest BCUT2D eigenvalue weighted by Crippen LogP contribution is -2.36. The van der Waals surface area contributed by atoms with Gasteiger partial charge in [-0.2, -0.15) is 0 Å². The zero-order valence-electron chi connectivity index (χ0n) is 8.88. The molecule has 0 spiro atoms. The minimum atomic E-state index is 0.342. The van der Waals surface area contributed by atoms with Crippen LogP contribution in [0, 0.1) is 0 Å².